The first kappa shape index (κ1) is 24.7. The van der Waals surface area contributed by atoms with E-state index in [-0.39, 0.29) is 5.91 Å². The largest absolute Gasteiger partial charge is 0.493 e. The van der Waals surface area contributed by atoms with E-state index in [9.17, 15) is 4.79 Å². The number of fused-ring (bicyclic) bond motifs is 1. The van der Waals surface area contributed by atoms with Crippen molar-refractivity contribution in [2.45, 2.75) is 44.6 Å². The van der Waals surface area contributed by atoms with Crippen LogP contribution in [0, 0.1) is 6.92 Å². The van der Waals surface area contributed by atoms with E-state index in [1.807, 2.05) is 24.4 Å². The second kappa shape index (κ2) is 10.2. The van der Waals surface area contributed by atoms with Crippen LogP contribution >= 0.6 is 0 Å². The van der Waals surface area contributed by atoms with Crippen LogP contribution in [0.3, 0.4) is 0 Å². The summed E-state index contributed by atoms with van der Waals surface area (Å²) in [6, 6.07) is 15.8. The zero-order valence-electron chi connectivity index (χ0n) is 21.8. The molecule has 0 aliphatic heterocycles. The number of H-pyrrole nitrogens is 1. The Bertz CT molecular complexity index is 1410. The third kappa shape index (κ3) is 4.61. The number of ether oxygens (including phenoxy) is 3. The molecule has 0 radical (unpaired) electrons. The van der Waals surface area contributed by atoms with Gasteiger partial charge in [0.2, 0.25) is 5.75 Å². The molecule has 2 aromatic heterocycles. The van der Waals surface area contributed by atoms with Crippen molar-refractivity contribution in [2.75, 3.05) is 21.3 Å². The SMILES string of the molecule is COc1cc(C(=O)NC2(c3cc(-c4cc(C)c5ccccc5n4)c[nH]3)CCCCC2)cc(OC)c1OC. The Morgan fingerprint density at radius 3 is 2.32 bits per heavy atom. The van der Waals surface area contributed by atoms with Gasteiger partial charge in [0.15, 0.2) is 11.5 Å². The Morgan fingerprint density at radius 2 is 1.65 bits per heavy atom. The van der Waals surface area contributed by atoms with Gasteiger partial charge in [-0.2, -0.15) is 0 Å². The van der Waals surface area contributed by atoms with Crippen molar-refractivity contribution >= 4 is 16.8 Å². The number of aryl methyl sites for hydroxylation is 1. The summed E-state index contributed by atoms with van der Waals surface area (Å²) in [5.41, 5.74) is 5.04. The maximum atomic E-state index is 13.6. The number of aromatic nitrogens is 2. The molecule has 1 aliphatic carbocycles. The van der Waals surface area contributed by atoms with Crippen LogP contribution in [0.2, 0.25) is 0 Å². The van der Waals surface area contributed by atoms with E-state index in [1.165, 1.54) is 5.56 Å². The lowest BCUT2D eigenvalue weighted by molar-refractivity contribution is 0.0862. The van der Waals surface area contributed by atoms with Crippen LogP contribution in [-0.4, -0.2) is 37.2 Å². The van der Waals surface area contributed by atoms with Gasteiger partial charge in [-0.3, -0.25) is 4.79 Å². The van der Waals surface area contributed by atoms with Crippen molar-refractivity contribution < 1.29 is 19.0 Å². The number of hydrogen-bond donors (Lipinski definition) is 2. The fraction of sp³-hybridized carbons (Fsp3) is 0.333. The fourth-order valence-corrected chi connectivity index (χ4v) is 5.43. The summed E-state index contributed by atoms with van der Waals surface area (Å²) < 4.78 is 16.3. The van der Waals surface area contributed by atoms with Gasteiger partial charge in [-0.25, -0.2) is 4.98 Å². The van der Waals surface area contributed by atoms with E-state index in [1.54, 1.807) is 33.5 Å². The molecule has 0 bridgehead atoms. The first-order valence-corrected chi connectivity index (χ1v) is 12.7. The van der Waals surface area contributed by atoms with Crippen LogP contribution < -0.4 is 19.5 Å². The summed E-state index contributed by atoms with van der Waals surface area (Å²) in [4.78, 5) is 22.0. The molecular weight excluding hydrogens is 466 g/mol. The zero-order chi connectivity index (χ0) is 26.0. The number of pyridine rings is 1. The normalized spacial score (nSPS) is 14.8. The van der Waals surface area contributed by atoms with Crippen LogP contribution in [0.4, 0.5) is 0 Å². The van der Waals surface area contributed by atoms with Gasteiger partial charge in [-0.15, -0.1) is 0 Å². The summed E-state index contributed by atoms with van der Waals surface area (Å²) in [6.45, 7) is 2.11. The first-order chi connectivity index (χ1) is 18.0. The van der Waals surface area contributed by atoms with E-state index in [0.29, 0.717) is 22.8 Å². The van der Waals surface area contributed by atoms with Gasteiger partial charge in [-0.05, 0) is 55.7 Å². The molecule has 2 N–H and O–H groups in total. The molecule has 0 saturated heterocycles. The number of benzene rings is 2. The van der Waals surface area contributed by atoms with Crippen molar-refractivity contribution in [3.05, 3.63) is 71.5 Å². The molecule has 0 atom stereocenters. The molecule has 1 aliphatic rings. The molecule has 1 saturated carbocycles. The molecule has 2 heterocycles. The smallest absolute Gasteiger partial charge is 0.252 e. The lowest BCUT2D eigenvalue weighted by atomic mass is 9.79. The molecule has 2 aromatic carbocycles. The molecule has 5 rings (SSSR count). The molecule has 0 spiro atoms. The number of methoxy groups -OCH3 is 3. The molecule has 7 nitrogen and oxygen atoms in total. The number of carbonyl (C=O) groups excluding carboxylic acids is 1. The molecule has 0 unspecified atom stereocenters. The van der Waals surface area contributed by atoms with Crippen molar-refractivity contribution in [3.63, 3.8) is 0 Å². The van der Waals surface area contributed by atoms with Crippen molar-refractivity contribution in [1.82, 2.24) is 15.3 Å². The van der Waals surface area contributed by atoms with E-state index in [0.717, 1.165) is 60.0 Å². The average Bonchev–Trinajstić information content (AvgIpc) is 3.44. The van der Waals surface area contributed by atoms with Crippen molar-refractivity contribution in [1.29, 1.82) is 0 Å². The quantitative estimate of drug-likeness (QED) is 0.318. The lowest BCUT2D eigenvalue weighted by Crippen LogP contribution is -2.47. The summed E-state index contributed by atoms with van der Waals surface area (Å²) in [5, 5.41) is 4.52. The van der Waals surface area contributed by atoms with Gasteiger partial charge in [0, 0.05) is 28.4 Å². The Labute approximate surface area is 217 Å². The van der Waals surface area contributed by atoms with Gasteiger partial charge in [0.1, 0.15) is 0 Å². The number of aromatic amines is 1. The van der Waals surface area contributed by atoms with Gasteiger partial charge < -0.3 is 24.5 Å². The lowest BCUT2D eigenvalue weighted by Gasteiger charge is -2.37. The predicted molar refractivity (Wildman–Crippen MR) is 145 cm³/mol. The van der Waals surface area contributed by atoms with E-state index >= 15 is 0 Å². The zero-order valence-corrected chi connectivity index (χ0v) is 21.8. The number of para-hydroxylation sites is 1. The molecular formula is C30H33N3O4. The standard InChI is InChI=1S/C30H33N3O4/c1-19-14-24(32-23-11-7-6-10-22(19)23)21-17-27(31-18-21)30(12-8-5-9-13-30)33-29(34)20-15-25(35-2)28(37-4)26(16-20)36-3/h6-7,10-11,14-18,31H,5,8-9,12-13H2,1-4H3,(H,33,34). The van der Waals surface area contributed by atoms with E-state index in [4.69, 9.17) is 19.2 Å². The topological polar surface area (TPSA) is 85.5 Å². The number of amides is 1. The van der Waals surface area contributed by atoms with Crippen LogP contribution in [0.15, 0.2) is 54.7 Å². The minimum Gasteiger partial charge on any atom is -0.493 e. The van der Waals surface area contributed by atoms with Crippen LogP contribution in [0.1, 0.15) is 53.7 Å². The number of nitrogens with zero attached hydrogens (tertiary/aromatic N) is 1. The van der Waals surface area contributed by atoms with Crippen LogP contribution in [0.5, 0.6) is 17.2 Å². The van der Waals surface area contributed by atoms with Crippen LogP contribution in [-0.2, 0) is 5.54 Å². The first-order valence-electron chi connectivity index (χ1n) is 12.7. The maximum Gasteiger partial charge on any atom is 0.252 e. The Balaban J connectivity index is 1.49. The number of nitrogens with one attached hydrogen (secondary N) is 2. The third-order valence-electron chi connectivity index (χ3n) is 7.40. The summed E-state index contributed by atoms with van der Waals surface area (Å²) in [7, 11) is 4.64. The summed E-state index contributed by atoms with van der Waals surface area (Å²) >= 11 is 0. The predicted octanol–water partition coefficient (Wildman–Crippen LogP) is 6.15. The van der Waals surface area contributed by atoms with E-state index < -0.39 is 5.54 Å². The molecule has 192 valence electrons. The maximum absolute atomic E-state index is 13.6. The van der Waals surface area contributed by atoms with Crippen molar-refractivity contribution in [2.24, 2.45) is 0 Å². The van der Waals surface area contributed by atoms with Gasteiger partial charge >= 0.3 is 0 Å². The number of carbonyl (C=O) groups is 1. The van der Waals surface area contributed by atoms with E-state index in [2.05, 4.69) is 35.4 Å². The Kier molecular flexibility index (Phi) is 6.78. The van der Waals surface area contributed by atoms with Gasteiger partial charge in [-0.1, -0.05) is 37.5 Å². The number of rotatable bonds is 7. The molecule has 7 heteroatoms. The highest BCUT2D eigenvalue weighted by Crippen LogP contribution is 2.41. The number of hydrogen-bond acceptors (Lipinski definition) is 5. The monoisotopic (exact) mass is 499 g/mol. The molecule has 37 heavy (non-hydrogen) atoms. The Hall–Kier alpha value is -4.00. The van der Waals surface area contributed by atoms with Gasteiger partial charge in [0.05, 0.1) is 38.1 Å². The Morgan fingerprint density at radius 1 is 0.946 bits per heavy atom. The second-order valence-electron chi connectivity index (χ2n) is 9.65. The minimum absolute atomic E-state index is 0.183. The average molecular weight is 500 g/mol. The molecule has 1 amide bonds. The highest BCUT2D eigenvalue weighted by molar-refractivity contribution is 5.96. The van der Waals surface area contributed by atoms with Crippen LogP contribution in [0.25, 0.3) is 22.2 Å². The minimum atomic E-state index is -0.500. The van der Waals surface area contributed by atoms with Gasteiger partial charge in [0.25, 0.3) is 5.91 Å². The highest BCUT2D eigenvalue weighted by Gasteiger charge is 2.37. The summed E-state index contributed by atoms with van der Waals surface area (Å²) in [6.07, 6.45) is 6.93. The second-order valence-corrected chi connectivity index (χ2v) is 9.65. The summed E-state index contributed by atoms with van der Waals surface area (Å²) in [5.74, 6) is 1.17. The molecule has 1 fully saturated rings. The fourth-order valence-electron chi connectivity index (χ4n) is 5.43. The van der Waals surface area contributed by atoms with Crippen molar-refractivity contribution in [3.8, 4) is 28.5 Å². The highest BCUT2D eigenvalue weighted by atomic mass is 16.5. The third-order valence-corrected chi connectivity index (χ3v) is 7.40. The molecule has 4 aromatic rings.